The summed E-state index contributed by atoms with van der Waals surface area (Å²) >= 11 is 1.54. The Kier molecular flexibility index (Phi) is 11.4. The summed E-state index contributed by atoms with van der Waals surface area (Å²) in [6.07, 6.45) is 1.05. The average Bonchev–Trinajstić information content (AvgIpc) is 3.32. The number of thiazole rings is 1. The molecule has 0 saturated carbocycles. The van der Waals surface area contributed by atoms with Gasteiger partial charge in [0.05, 0.1) is 21.3 Å². The minimum Gasteiger partial charge on any atom is -0.350 e. The Morgan fingerprint density at radius 1 is 1.02 bits per heavy atom. The molecule has 40 heavy (non-hydrogen) atoms. The first kappa shape index (κ1) is 31.0. The normalized spacial score (nSPS) is 12.8. The zero-order valence-corrected chi connectivity index (χ0v) is 24.9. The van der Waals surface area contributed by atoms with Gasteiger partial charge in [-0.15, -0.1) is 11.3 Å². The first-order valence-electron chi connectivity index (χ1n) is 13.7. The molecule has 2 aromatic carbocycles. The molecule has 1 aromatic heterocycles. The van der Waals surface area contributed by atoms with Crippen LogP contribution in [0.4, 0.5) is 0 Å². The van der Waals surface area contributed by atoms with Crippen LogP contribution in [0.3, 0.4) is 0 Å². The van der Waals surface area contributed by atoms with Crippen LogP contribution in [0.15, 0.2) is 60.7 Å². The summed E-state index contributed by atoms with van der Waals surface area (Å²) in [5, 5.41) is 9.63. The number of hydrogen-bond donors (Lipinski definition) is 3. The lowest BCUT2D eigenvalue weighted by Gasteiger charge is -2.24. The second-order valence-corrected chi connectivity index (χ2v) is 11.7. The Hall–Kier alpha value is -3.56. The number of benzene rings is 2. The summed E-state index contributed by atoms with van der Waals surface area (Å²) in [6, 6.07) is 14.8. The Bertz CT molecular complexity index is 1320. The molecule has 0 bridgehead atoms. The number of nitrogens with zero attached hydrogens (tertiary/aromatic N) is 2. The number of aromatic nitrogens is 1. The maximum absolute atomic E-state index is 13.6. The molecule has 3 amide bonds. The Morgan fingerprint density at radius 2 is 1.75 bits per heavy atom. The van der Waals surface area contributed by atoms with Gasteiger partial charge in [0.1, 0.15) is 6.04 Å². The van der Waals surface area contributed by atoms with E-state index in [4.69, 9.17) is 4.98 Å². The van der Waals surface area contributed by atoms with Crippen molar-refractivity contribution in [3.8, 4) is 0 Å². The topological polar surface area (TPSA) is 103 Å². The largest absolute Gasteiger partial charge is 0.350 e. The molecular weight excluding hydrogens is 522 g/mol. The van der Waals surface area contributed by atoms with Crippen molar-refractivity contribution in [2.75, 3.05) is 27.2 Å². The van der Waals surface area contributed by atoms with E-state index in [1.807, 2.05) is 55.4 Å². The molecule has 9 heteroatoms. The van der Waals surface area contributed by atoms with Crippen molar-refractivity contribution in [3.05, 3.63) is 76.8 Å². The van der Waals surface area contributed by atoms with Crippen molar-refractivity contribution >= 4 is 39.3 Å². The van der Waals surface area contributed by atoms with Crippen LogP contribution in [-0.4, -0.2) is 66.9 Å². The third-order valence-corrected chi connectivity index (χ3v) is 7.52. The van der Waals surface area contributed by atoms with Gasteiger partial charge in [-0.05, 0) is 49.7 Å². The van der Waals surface area contributed by atoms with Crippen LogP contribution >= 0.6 is 11.3 Å². The average molecular weight is 564 g/mol. The van der Waals surface area contributed by atoms with Crippen molar-refractivity contribution in [3.63, 3.8) is 0 Å². The van der Waals surface area contributed by atoms with E-state index in [1.54, 1.807) is 6.92 Å². The van der Waals surface area contributed by atoms with Gasteiger partial charge in [0.15, 0.2) is 0 Å². The zero-order valence-electron chi connectivity index (χ0n) is 24.1. The molecule has 3 N–H and O–H groups in total. The van der Waals surface area contributed by atoms with E-state index >= 15 is 0 Å². The number of rotatable bonds is 14. The molecule has 0 saturated heterocycles. The van der Waals surface area contributed by atoms with E-state index in [2.05, 4.69) is 48.5 Å². The molecule has 0 fully saturated rings. The van der Waals surface area contributed by atoms with Crippen LogP contribution in [0.5, 0.6) is 0 Å². The predicted octanol–water partition coefficient (Wildman–Crippen LogP) is 3.82. The lowest BCUT2D eigenvalue weighted by atomic mass is 10.0. The number of nitrogens with one attached hydrogen (secondary N) is 3. The fourth-order valence-corrected chi connectivity index (χ4v) is 5.35. The molecule has 0 aliphatic carbocycles. The van der Waals surface area contributed by atoms with Gasteiger partial charge >= 0.3 is 0 Å². The standard InChI is InChI=1S/C31H41N5O3S/c1-7-28(37)34-26(17-29-35-25-14-13-23(20(2)3)16-27(25)40-29)31(39)33-24(15-22-11-9-8-10-12-22)18-32-30(38)21(4)19-36(5)6/h8-14,16,20,24,26H,4,7,15,17-19H2,1-3,5-6H3,(H,32,38)(H,33,39)(H,34,37)/t24-,26-/m0/s1. The van der Waals surface area contributed by atoms with Gasteiger partial charge in [-0.25, -0.2) is 4.98 Å². The van der Waals surface area contributed by atoms with Gasteiger partial charge in [0.2, 0.25) is 17.7 Å². The van der Waals surface area contributed by atoms with E-state index < -0.39 is 12.1 Å². The minimum absolute atomic E-state index is 0.212. The van der Waals surface area contributed by atoms with E-state index in [-0.39, 0.29) is 37.1 Å². The van der Waals surface area contributed by atoms with Gasteiger partial charge in [-0.3, -0.25) is 14.4 Å². The molecule has 214 valence electrons. The Morgan fingerprint density at radius 3 is 2.40 bits per heavy atom. The number of carbonyl (C=O) groups is 3. The lowest BCUT2D eigenvalue weighted by molar-refractivity contribution is -0.129. The summed E-state index contributed by atoms with van der Waals surface area (Å²) in [5.74, 6) is -0.381. The smallest absolute Gasteiger partial charge is 0.247 e. The summed E-state index contributed by atoms with van der Waals surface area (Å²) in [4.78, 5) is 45.2. The predicted molar refractivity (Wildman–Crippen MR) is 162 cm³/mol. The van der Waals surface area contributed by atoms with E-state index in [0.717, 1.165) is 20.8 Å². The van der Waals surface area contributed by atoms with Gasteiger partial charge < -0.3 is 20.9 Å². The second kappa shape index (κ2) is 14.7. The van der Waals surface area contributed by atoms with Gasteiger partial charge in [0, 0.05) is 31.5 Å². The van der Waals surface area contributed by atoms with Crippen molar-refractivity contribution in [2.45, 2.75) is 58.0 Å². The molecule has 2 atom stereocenters. The molecule has 0 aliphatic rings. The number of amides is 3. The van der Waals surface area contributed by atoms with Crippen LogP contribution in [0, 0.1) is 0 Å². The van der Waals surface area contributed by atoms with Gasteiger partial charge in [-0.1, -0.05) is 63.7 Å². The second-order valence-electron chi connectivity index (χ2n) is 10.6. The first-order chi connectivity index (χ1) is 19.0. The number of fused-ring (bicyclic) bond motifs is 1. The van der Waals surface area contributed by atoms with Crippen molar-refractivity contribution in [1.82, 2.24) is 25.8 Å². The summed E-state index contributed by atoms with van der Waals surface area (Å²) in [7, 11) is 3.74. The Balaban J connectivity index is 1.78. The summed E-state index contributed by atoms with van der Waals surface area (Å²) in [6.45, 7) is 10.6. The third kappa shape index (κ3) is 9.27. The van der Waals surface area contributed by atoms with Crippen LogP contribution < -0.4 is 16.0 Å². The van der Waals surface area contributed by atoms with Crippen molar-refractivity contribution in [1.29, 1.82) is 0 Å². The van der Waals surface area contributed by atoms with Crippen LogP contribution in [0.2, 0.25) is 0 Å². The number of hydrogen-bond acceptors (Lipinski definition) is 6. The monoisotopic (exact) mass is 563 g/mol. The summed E-state index contributed by atoms with van der Waals surface area (Å²) in [5.41, 5.74) is 3.58. The highest BCUT2D eigenvalue weighted by atomic mass is 32.1. The molecule has 0 radical (unpaired) electrons. The van der Waals surface area contributed by atoms with E-state index in [1.165, 1.54) is 16.9 Å². The number of likely N-dealkylation sites (N-methyl/N-ethyl adjacent to an activating group) is 1. The maximum Gasteiger partial charge on any atom is 0.247 e. The molecule has 0 spiro atoms. The highest BCUT2D eigenvalue weighted by Gasteiger charge is 2.25. The molecule has 0 unspecified atom stereocenters. The Labute approximate surface area is 241 Å². The SMILES string of the molecule is C=C(CN(C)C)C(=O)NC[C@H](Cc1ccccc1)NC(=O)[C@H](Cc1nc2ccc(C(C)C)cc2s1)NC(=O)CC. The highest BCUT2D eigenvalue weighted by molar-refractivity contribution is 7.18. The molecule has 3 rings (SSSR count). The van der Waals surface area contributed by atoms with Gasteiger partial charge in [-0.2, -0.15) is 0 Å². The van der Waals surface area contributed by atoms with Crippen molar-refractivity contribution < 1.29 is 14.4 Å². The van der Waals surface area contributed by atoms with Crippen LogP contribution in [0.1, 0.15) is 49.2 Å². The quantitative estimate of drug-likeness (QED) is 0.259. The fourth-order valence-electron chi connectivity index (χ4n) is 4.28. The van der Waals surface area contributed by atoms with E-state index in [0.29, 0.717) is 24.5 Å². The lowest BCUT2D eigenvalue weighted by Crippen LogP contribution is -2.53. The van der Waals surface area contributed by atoms with Gasteiger partial charge in [0.25, 0.3) is 0 Å². The number of carbonyl (C=O) groups excluding carboxylic acids is 3. The highest BCUT2D eigenvalue weighted by Crippen LogP contribution is 2.27. The molecule has 0 aliphatic heterocycles. The van der Waals surface area contributed by atoms with Crippen LogP contribution in [0.25, 0.3) is 10.2 Å². The van der Waals surface area contributed by atoms with Crippen LogP contribution in [-0.2, 0) is 27.2 Å². The van der Waals surface area contributed by atoms with Crippen molar-refractivity contribution in [2.24, 2.45) is 0 Å². The zero-order chi connectivity index (χ0) is 29.2. The fraction of sp³-hybridized carbons (Fsp3) is 0.419. The molecule has 3 aromatic rings. The molecule has 1 heterocycles. The maximum atomic E-state index is 13.6. The third-order valence-electron chi connectivity index (χ3n) is 6.48. The molecule has 8 nitrogen and oxygen atoms in total. The summed E-state index contributed by atoms with van der Waals surface area (Å²) < 4.78 is 1.06. The molecular formula is C31H41N5O3S. The van der Waals surface area contributed by atoms with E-state index in [9.17, 15) is 14.4 Å². The minimum atomic E-state index is -0.796. The first-order valence-corrected chi connectivity index (χ1v) is 14.5.